The summed E-state index contributed by atoms with van der Waals surface area (Å²) in [5, 5.41) is 1.35. The Bertz CT molecular complexity index is 1220. The molecule has 0 radical (unpaired) electrons. The minimum absolute atomic E-state index is 0.619. The number of benzene rings is 1. The summed E-state index contributed by atoms with van der Waals surface area (Å²) in [6.07, 6.45) is 8.85. The van der Waals surface area contributed by atoms with E-state index in [9.17, 15) is 0 Å². The van der Waals surface area contributed by atoms with Crippen LogP contribution in [-0.2, 0) is 13.0 Å². The fraction of sp³-hybridized carbons (Fsp3) is 0.360. The molecule has 31 heavy (non-hydrogen) atoms. The van der Waals surface area contributed by atoms with Crippen molar-refractivity contribution in [3.8, 4) is 17.0 Å². The Morgan fingerprint density at radius 1 is 1.16 bits per heavy atom. The van der Waals surface area contributed by atoms with Crippen LogP contribution in [0.4, 0.5) is 0 Å². The van der Waals surface area contributed by atoms with E-state index in [0.29, 0.717) is 12.5 Å². The molecule has 0 saturated carbocycles. The van der Waals surface area contributed by atoms with Crippen LogP contribution in [0, 0.1) is 6.92 Å². The molecule has 158 valence electrons. The number of aromatic amines is 2. The van der Waals surface area contributed by atoms with Gasteiger partial charge in [0.25, 0.3) is 0 Å². The molecule has 1 aromatic carbocycles. The predicted molar refractivity (Wildman–Crippen MR) is 121 cm³/mol. The van der Waals surface area contributed by atoms with E-state index in [1.807, 2.05) is 19.3 Å². The van der Waals surface area contributed by atoms with Crippen LogP contribution < -0.4 is 4.74 Å². The summed E-state index contributed by atoms with van der Waals surface area (Å²) in [4.78, 5) is 18.0. The number of nitrogens with zero attached hydrogens (tertiary/aromatic N) is 3. The molecule has 0 aliphatic carbocycles. The van der Waals surface area contributed by atoms with Gasteiger partial charge in [-0.15, -0.1) is 0 Å². The summed E-state index contributed by atoms with van der Waals surface area (Å²) in [5.74, 6) is 1.49. The van der Waals surface area contributed by atoms with Gasteiger partial charge in [-0.2, -0.15) is 0 Å². The van der Waals surface area contributed by atoms with E-state index >= 15 is 0 Å². The molecule has 1 saturated heterocycles. The normalized spacial score (nSPS) is 17.2. The van der Waals surface area contributed by atoms with Crippen LogP contribution >= 0.6 is 0 Å². The van der Waals surface area contributed by atoms with Gasteiger partial charge in [0.05, 0.1) is 24.8 Å². The van der Waals surface area contributed by atoms with Crippen molar-refractivity contribution in [1.29, 1.82) is 0 Å². The summed E-state index contributed by atoms with van der Waals surface area (Å²) < 4.78 is 6.00. The van der Waals surface area contributed by atoms with Gasteiger partial charge in [0, 0.05) is 47.0 Å². The quantitative estimate of drug-likeness (QED) is 0.516. The van der Waals surface area contributed by atoms with Crippen molar-refractivity contribution in [2.75, 3.05) is 19.7 Å². The number of hydrogen-bond donors (Lipinski definition) is 2. The zero-order valence-corrected chi connectivity index (χ0v) is 17.8. The second-order valence-corrected chi connectivity index (χ2v) is 8.83. The van der Waals surface area contributed by atoms with Crippen molar-refractivity contribution in [3.05, 3.63) is 65.5 Å². The topological polar surface area (TPSA) is 69.8 Å². The SMILES string of the molecule is Cc1cc2c(cn1)OCCc1c-2[nH]c2ccc(C3CCN(Cc4cnc[nH]4)CC3)cc12. The van der Waals surface area contributed by atoms with Crippen molar-refractivity contribution in [3.63, 3.8) is 0 Å². The molecule has 2 N–H and O–H groups in total. The molecule has 2 aliphatic rings. The minimum atomic E-state index is 0.619. The number of aromatic nitrogens is 4. The van der Waals surface area contributed by atoms with Gasteiger partial charge < -0.3 is 14.7 Å². The number of nitrogens with one attached hydrogen (secondary N) is 2. The molecular formula is C25H27N5O. The fourth-order valence-corrected chi connectivity index (χ4v) is 5.17. The second-order valence-electron chi connectivity index (χ2n) is 8.83. The number of piperidine rings is 1. The third-order valence-corrected chi connectivity index (χ3v) is 6.82. The molecule has 3 aromatic heterocycles. The largest absolute Gasteiger partial charge is 0.491 e. The molecule has 1 fully saturated rings. The molecule has 6 heteroatoms. The van der Waals surface area contributed by atoms with Gasteiger partial charge in [0.15, 0.2) is 0 Å². The zero-order chi connectivity index (χ0) is 20.8. The van der Waals surface area contributed by atoms with Crippen molar-refractivity contribution < 1.29 is 4.74 Å². The van der Waals surface area contributed by atoms with Crippen molar-refractivity contribution >= 4 is 10.9 Å². The molecule has 0 atom stereocenters. The number of rotatable bonds is 3. The van der Waals surface area contributed by atoms with E-state index < -0.39 is 0 Å². The number of hydrogen-bond acceptors (Lipinski definition) is 4. The van der Waals surface area contributed by atoms with Crippen LogP contribution in [0.1, 0.15) is 41.3 Å². The maximum absolute atomic E-state index is 6.00. The smallest absolute Gasteiger partial charge is 0.146 e. The summed E-state index contributed by atoms with van der Waals surface area (Å²) in [7, 11) is 0. The first kappa shape index (κ1) is 18.6. The number of ether oxygens (including phenoxy) is 1. The van der Waals surface area contributed by atoms with E-state index in [1.54, 1.807) is 6.33 Å². The maximum atomic E-state index is 6.00. The minimum Gasteiger partial charge on any atom is -0.491 e. The number of likely N-dealkylation sites (tertiary alicyclic amines) is 1. The fourth-order valence-electron chi connectivity index (χ4n) is 5.17. The van der Waals surface area contributed by atoms with Crippen LogP contribution in [0.2, 0.25) is 0 Å². The number of aryl methyl sites for hydroxylation is 1. The molecule has 0 unspecified atom stereocenters. The van der Waals surface area contributed by atoms with Gasteiger partial charge in [0.1, 0.15) is 5.75 Å². The molecule has 6 nitrogen and oxygen atoms in total. The lowest BCUT2D eigenvalue weighted by atomic mass is 9.88. The molecule has 4 aromatic rings. The Hall–Kier alpha value is -3.12. The van der Waals surface area contributed by atoms with Crippen LogP contribution in [0.3, 0.4) is 0 Å². The lowest BCUT2D eigenvalue weighted by molar-refractivity contribution is 0.203. The van der Waals surface area contributed by atoms with E-state index in [-0.39, 0.29) is 0 Å². The average molecular weight is 414 g/mol. The highest BCUT2D eigenvalue weighted by Crippen LogP contribution is 2.40. The summed E-state index contributed by atoms with van der Waals surface area (Å²) >= 11 is 0. The Kier molecular flexibility index (Phi) is 4.53. The Morgan fingerprint density at radius 3 is 2.90 bits per heavy atom. The monoisotopic (exact) mass is 413 g/mol. The van der Waals surface area contributed by atoms with E-state index in [2.05, 4.69) is 49.1 Å². The van der Waals surface area contributed by atoms with Gasteiger partial charge in [-0.1, -0.05) is 6.07 Å². The van der Waals surface area contributed by atoms with E-state index in [0.717, 1.165) is 43.1 Å². The number of pyridine rings is 1. The predicted octanol–water partition coefficient (Wildman–Crippen LogP) is 4.58. The van der Waals surface area contributed by atoms with Crippen molar-refractivity contribution in [2.24, 2.45) is 0 Å². The highest BCUT2D eigenvalue weighted by atomic mass is 16.5. The first-order chi connectivity index (χ1) is 15.2. The van der Waals surface area contributed by atoms with Crippen molar-refractivity contribution in [2.45, 2.75) is 38.6 Å². The molecule has 0 amide bonds. The van der Waals surface area contributed by atoms with Gasteiger partial charge >= 0.3 is 0 Å². The first-order valence-electron chi connectivity index (χ1n) is 11.2. The van der Waals surface area contributed by atoms with Crippen molar-refractivity contribution in [1.82, 2.24) is 24.8 Å². The van der Waals surface area contributed by atoms with Crippen LogP contribution in [0.5, 0.6) is 5.75 Å². The van der Waals surface area contributed by atoms with Gasteiger partial charge in [-0.3, -0.25) is 9.88 Å². The average Bonchev–Trinajstić information content (AvgIpc) is 3.39. The highest BCUT2D eigenvalue weighted by molar-refractivity contribution is 5.92. The molecule has 2 aliphatic heterocycles. The van der Waals surface area contributed by atoms with Gasteiger partial charge in [-0.05, 0) is 68.1 Å². The Balaban J connectivity index is 1.28. The molecule has 5 heterocycles. The van der Waals surface area contributed by atoms with Gasteiger partial charge in [0.2, 0.25) is 0 Å². The molecule has 0 spiro atoms. The number of fused-ring (bicyclic) bond motifs is 5. The lowest BCUT2D eigenvalue weighted by Gasteiger charge is -2.31. The van der Waals surface area contributed by atoms with E-state index in [1.165, 1.54) is 46.3 Å². The summed E-state index contributed by atoms with van der Waals surface area (Å²) in [5.41, 5.74) is 8.58. The first-order valence-corrected chi connectivity index (χ1v) is 11.2. The van der Waals surface area contributed by atoms with Gasteiger partial charge in [-0.25, -0.2) is 4.98 Å². The van der Waals surface area contributed by atoms with Crippen LogP contribution in [-0.4, -0.2) is 44.5 Å². The third kappa shape index (κ3) is 3.41. The van der Waals surface area contributed by atoms with E-state index in [4.69, 9.17) is 4.74 Å². The molecule has 6 rings (SSSR count). The number of imidazole rings is 1. The Labute approximate surface area is 181 Å². The molecular weight excluding hydrogens is 386 g/mol. The standard InChI is InChI=1S/C25H27N5O/c1-16-10-22-24(13-27-16)31-9-6-20-21-11-18(2-3-23(21)29-25(20)22)17-4-7-30(8-5-17)14-19-12-26-15-28-19/h2-3,10-13,15,17,29H,4-9,14H2,1H3,(H,26,28). The third-order valence-electron chi connectivity index (χ3n) is 6.82. The molecule has 0 bridgehead atoms. The number of H-pyrrole nitrogens is 2. The van der Waals surface area contributed by atoms with Crippen LogP contribution in [0.25, 0.3) is 22.2 Å². The Morgan fingerprint density at radius 2 is 2.06 bits per heavy atom. The maximum Gasteiger partial charge on any atom is 0.146 e. The summed E-state index contributed by atoms with van der Waals surface area (Å²) in [6, 6.07) is 9.15. The highest BCUT2D eigenvalue weighted by Gasteiger charge is 2.24. The summed E-state index contributed by atoms with van der Waals surface area (Å²) in [6.45, 7) is 5.93. The zero-order valence-electron chi connectivity index (χ0n) is 17.8. The van der Waals surface area contributed by atoms with Crippen LogP contribution in [0.15, 0.2) is 43.0 Å². The second kappa shape index (κ2) is 7.54. The lowest BCUT2D eigenvalue weighted by Crippen LogP contribution is -2.32.